The van der Waals surface area contributed by atoms with Crippen LogP contribution in [-0.4, -0.2) is 30.8 Å². The van der Waals surface area contributed by atoms with Gasteiger partial charge in [-0.05, 0) is 12.1 Å². The van der Waals surface area contributed by atoms with Gasteiger partial charge in [0.25, 0.3) is 0 Å². The Kier molecular flexibility index (Phi) is 4.14. The Balaban J connectivity index is 2.58. The van der Waals surface area contributed by atoms with Crippen LogP contribution in [0.15, 0.2) is 24.3 Å². The Morgan fingerprint density at radius 3 is 2.50 bits per heavy atom. The van der Waals surface area contributed by atoms with E-state index in [0.717, 1.165) is 0 Å². The van der Waals surface area contributed by atoms with Crippen molar-refractivity contribution in [3.63, 3.8) is 0 Å². The summed E-state index contributed by atoms with van der Waals surface area (Å²) in [5.41, 5.74) is 0. The van der Waals surface area contributed by atoms with Crippen LogP contribution in [0.4, 0.5) is 4.79 Å². The third kappa shape index (κ3) is 3.49. The molecule has 16 heavy (non-hydrogen) atoms. The number of benzene rings is 1. The maximum absolute atomic E-state index is 11.1. The van der Waals surface area contributed by atoms with Crippen molar-refractivity contribution in [3.8, 4) is 11.5 Å². The maximum atomic E-state index is 11.1. The predicted octanol–water partition coefficient (Wildman–Crippen LogP) is 0.868. The molecule has 1 aromatic rings. The molecule has 0 radical (unpaired) electrons. The van der Waals surface area contributed by atoms with E-state index in [4.69, 9.17) is 14.6 Å². The summed E-state index contributed by atoms with van der Waals surface area (Å²) in [4.78, 5) is 21.3. The van der Waals surface area contributed by atoms with Crippen LogP contribution in [-0.2, 0) is 4.79 Å². The van der Waals surface area contributed by atoms with E-state index < -0.39 is 18.6 Å². The zero-order chi connectivity index (χ0) is 12.0. The van der Waals surface area contributed by atoms with Gasteiger partial charge in [-0.15, -0.1) is 0 Å². The summed E-state index contributed by atoms with van der Waals surface area (Å²) in [6, 6.07) is 6.56. The minimum atomic E-state index is -1.14. The topological polar surface area (TPSA) is 84.9 Å². The molecule has 0 heterocycles. The van der Waals surface area contributed by atoms with Crippen molar-refractivity contribution in [2.75, 3.05) is 13.7 Å². The van der Waals surface area contributed by atoms with Gasteiger partial charge in [-0.25, -0.2) is 4.79 Å². The van der Waals surface area contributed by atoms with E-state index in [9.17, 15) is 9.59 Å². The molecule has 0 unspecified atom stereocenters. The molecule has 1 amide bonds. The average Bonchev–Trinajstić information content (AvgIpc) is 2.27. The van der Waals surface area contributed by atoms with Crippen molar-refractivity contribution in [3.05, 3.63) is 24.3 Å². The lowest BCUT2D eigenvalue weighted by molar-refractivity contribution is -0.135. The molecule has 0 saturated heterocycles. The minimum Gasteiger partial charge on any atom is -0.493 e. The van der Waals surface area contributed by atoms with Gasteiger partial charge in [-0.1, -0.05) is 12.1 Å². The molecule has 86 valence electrons. The number of amides is 1. The van der Waals surface area contributed by atoms with Gasteiger partial charge >= 0.3 is 12.1 Å². The number of rotatable bonds is 4. The molecule has 0 atom stereocenters. The van der Waals surface area contributed by atoms with Gasteiger partial charge in [0.2, 0.25) is 0 Å². The highest BCUT2D eigenvalue weighted by Gasteiger charge is 2.09. The van der Waals surface area contributed by atoms with Gasteiger partial charge in [-0.2, -0.15) is 0 Å². The highest BCUT2D eigenvalue weighted by molar-refractivity contribution is 5.78. The number of carbonyl (C=O) groups is 2. The van der Waals surface area contributed by atoms with Crippen LogP contribution in [0.2, 0.25) is 0 Å². The molecule has 0 saturated carbocycles. The van der Waals surface area contributed by atoms with Gasteiger partial charge in [-0.3, -0.25) is 4.79 Å². The van der Waals surface area contributed by atoms with E-state index >= 15 is 0 Å². The standard InChI is InChI=1S/C10H11NO5/c1-15-7-4-2-3-5-8(7)16-10(14)11-6-9(12)13/h2-5H,6H2,1H3,(H,11,14)(H,12,13). The number of nitrogens with one attached hydrogen (secondary N) is 1. The summed E-state index contributed by atoms with van der Waals surface area (Å²) in [5.74, 6) is -0.516. The van der Waals surface area contributed by atoms with Crippen molar-refractivity contribution in [1.29, 1.82) is 0 Å². The van der Waals surface area contributed by atoms with Crippen molar-refractivity contribution in [2.45, 2.75) is 0 Å². The van der Waals surface area contributed by atoms with Gasteiger partial charge in [0.05, 0.1) is 7.11 Å². The van der Waals surface area contributed by atoms with Crippen LogP contribution in [0.5, 0.6) is 11.5 Å². The van der Waals surface area contributed by atoms with Crippen LogP contribution < -0.4 is 14.8 Å². The van der Waals surface area contributed by atoms with E-state index in [0.29, 0.717) is 5.75 Å². The Hall–Kier alpha value is -2.24. The number of aliphatic carboxylic acids is 1. The number of hydrogen-bond donors (Lipinski definition) is 2. The first-order valence-electron chi connectivity index (χ1n) is 4.44. The normalized spacial score (nSPS) is 9.31. The zero-order valence-corrected chi connectivity index (χ0v) is 8.60. The van der Waals surface area contributed by atoms with Crippen LogP contribution in [0.1, 0.15) is 0 Å². The number of hydrogen-bond acceptors (Lipinski definition) is 4. The smallest absolute Gasteiger partial charge is 0.413 e. The zero-order valence-electron chi connectivity index (χ0n) is 8.60. The van der Waals surface area contributed by atoms with Gasteiger partial charge in [0, 0.05) is 0 Å². The van der Waals surface area contributed by atoms with Gasteiger partial charge in [0.1, 0.15) is 6.54 Å². The Bertz CT molecular complexity index is 391. The molecule has 0 aliphatic heterocycles. The second-order valence-electron chi connectivity index (χ2n) is 2.79. The molecule has 6 nitrogen and oxygen atoms in total. The van der Waals surface area contributed by atoms with E-state index in [2.05, 4.69) is 5.32 Å². The molecule has 0 spiro atoms. The molecule has 1 aromatic carbocycles. The molecular weight excluding hydrogens is 214 g/mol. The second kappa shape index (κ2) is 5.59. The molecule has 1 rings (SSSR count). The SMILES string of the molecule is COc1ccccc1OC(=O)NCC(=O)O. The summed E-state index contributed by atoms with van der Waals surface area (Å²) in [6.45, 7) is -0.492. The molecule has 0 aliphatic carbocycles. The number of para-hydroxylation sites is 2. The monoisotopic (exact) mass is 225 g/mol. The second-order valence-corrected chi connectivity index (χ2v) is 2.79. The summed E-state index contributed by atoms with van der Waals surface area (Å²) in [7, 11) is 1.44. The van der Waals surface area contributed by atoms with E-state index in [1.54, 1.807) is 24.3 Å². The van der Waals surface area contributed by atoms with Gasteiger partial charge < -0.3 is 19.9 Å². The van der Waals surface area contributed by atoms with E-state index in [1.165, 1.54) is 7.11 Å². The number of carboxylic acid groups (broad SMARTS) is 1. The minimum absolute atomic E-state index is 0.230. The molecule has 0 bridgehead atoms. The number of carboxylic acids is 1. The van der Waals surface area contributed by atoms with Crippen LogP contribution in [0.25, 0.3) is 0 Å². The van der Waals surface area contributed by atoms with Crippen molar-refractivity contribution < 1.29 is 24.2 Å². The highest BCUT2D eigenvalue weighted by atomic mass is 16.6. The van der Waals surface area contributed by atoms with Crippen LogP contribution >= 0.6 is 0 Å². The fraction of sp³-hybridized carbons (Fsp3) is 0.200. The molecule has 0 aliphatic rings. The quantitative estimate of drug-likeness (QED) is 0.794. The summed E-state index contributed by atoms with van der Waals surface area (Å²) in [5, 5.41) is 10.4. The largest absolute Gasteiger partial charge is 0.493 e. The van der Waals surface area contributed by atoms with Crippen LogP contribution in [0.3, 0.4) is 0 Å². The average molecular weight is 225 g/mol. The third-order valence-electron chi connectivity index (χ3n) is 1.66. The summed E-state index contributed by atoms with van der Waals surface area (Å²) < 4.78 is 9.80. The lowest BCUT2D eigenvalue weighted by Gasteiger charge is -2.08. The van der Waals surface area contributed by atoms with Gasteiger partial charge in [0.15, 0.2) is 11.5 Å². The van der Waals surface area contributed by atoms with E-state index in [1.807, 2.05) is 0 Å². The Labute approximate surface area is 91.8 Å². The van der Waals surface area contributed by atoms with Crippen molar-refractivity contribution in [2.24, 2.45) is 0 Å². The molecule has 2 N–H and O–H groups in total. The predicted molar refractivity (Wildman–Crippen MR) is 54.7 cm³/mol. The molecule has 6 heteroatoms. The fourth-order valence-electron chi connectivity index (χ4n) is 0.987. The number of methoxy groups -OCH3 is 1. The Morgan fingerprint density at radius 1 is 1.31 bits per heavy atom. The number of ether oxygens (including phenoxy) is 2. The Morgan fingerprint density at radius 2 is 1.94 bits per heavy atom. The maximum Gasteiger partial charge on any atom is 0.413 e. The highest BCUT2D eigenvalue weighted by Crippen LogP contribution is 2.25. The fourth-order valence-corrected chi connectivity index (χ4v) is 0.987. The van der Waals surface area contributed by atoms with Crippen molar-refractivity contribution >= 4 is 12.1 Å². The molecule has 0 aromatic heterocycles. The molecule has 0 fully saturated rings. The first kappa shape index (κ1) is 11.8. The lowest BCUT2D eigenvalue weighted by atomic mass is 10.3. The lowest BCUT2D eigenvalue weighted by Crippen LogP contribution is -2.31. The summed E-state index contributed by atoms with van der Waals surface area (Å²) >= 11 is 0. The first-order chi connectivity index (χ1) is 7.63. The van der Waals surface area contributed by atoms with Crippen LogP contribution in [0, 0.1) is 0 Å². The summed E-state index contributed by atoms with van der Waals surface area (Å²) in [6.07, 6.45) is -0.841. The van der Waals surface area contributed by atoms with Crippen molar-refractivity contribution in [1.82, 2.24) is 5.32 Å². The third-order valence-corrected chi connectivity index (χ3v) is 1.66. The number of carbonyl (C=O) groups excluding carboxylic acids is 1. The molecular formula is C10H11NO5. The van der Waals surface area contributed by atoms with E-state index in [-0.39, 0.29) is 5.75 Å². The first-order valence-corrected chi connectivity index (χ1v) is 4.44.